The van der Waals surface area contributed by atoms with Gasteiger partial charge in [0.2, 0.25) is 0 Å². The summed E-state index contributed by atoms with van der Waals surface area (Å²) in [4.78, 5) is 45.1. The molecule has 0 N–H and O–H groups in total. The van der Waals surface area contributed by atoms with E-state index in [1.807, 2.05) is 127 Å². The van der Waals surface area contributed by atoms with E-state index in [4.69, 9.17) is 44.9 Å². The molecule has 9 heteroatoms. The largest absolute Gasteiger partial charge is 0.217 e. The Balaban J connectivity index is 1.20. The topological polar surface area (TPSA) is 116 Å². The Labute approximate surface area is 349 Å². The normalized spacial score (nSPS) is 11.8. The Hall–Kier alpha value is -7.39. The number of benzene rings is 6. The van der Waals surface area contributed by atoms with Crippen molar-refractivity contribution >= 4 is 10.8 Å². The first-order valence-corrected chi connectivity index (χ1v) is 20.1. The van der Waals surface area contributed by atoms with Crippen molar-refractivity contribution < 1.29 is 0 Å². The summed E-state index contributed by atoms with van der Waals surface area (Å²) in [5.41, 5.74) is 5.56. The fraction of sp³-hybridized carbons (Fsp3) is 0.157. The first-order chi connectivity index (χ1) is 29.0. The predicted molar refractivity (Wildman–Crippen MR) is 240 cm³/mol. The van der Waals surface area contributed by atoms with Gasteiger partial charge >= 0.3 is 0 Å². The zero-order chi connectivity index (χ0) is 41.4. The molecule has 3 aromatic heterocycles. The van der Waals surface area contributed by atoms with Crippen molar-refractivity contribution in [1.29, 1.82) is 0 Å². The van der Waals surface area contributed by atoms with Crippen molar-refractivity contribution in [2.75, 3.05) is 0 Å². The van der Waals surface area contributed by atoms with Gasteiger partial charge in [0.15, 0.2) is 40.8 Å². The second-order valence-corrected chi connectivity index (χ2v) is 16.8. The molecule has 0 unspecified atom stereocenters. The molecule has 9 aromatic rings. The van der Waals surface area contributed by atoms with E-state index in [0.717, 1.165) is 61.4 Å². The molecule has 0 bridgehead atoms. The Bertz CT molecular complexity index is 2880. The van der Waals surface area contributed by atoms with Crippen LogP contribution in [0.1, 0.15) is 53.2 Å². The molecule has 9 nitrogen and oxygen atoms in total. The quantitative estimate of drug-likeness (QED) is 0.156. The summed E-state index contributed by atoms with van der Waals surface area (Å²) >= 11 is 0. The number of hydrogen-bond donors (Lipinski definition) is 0. The number of hydrogen-bond acceptors (Lipinski definition) is 9. The van der Waals surface area contributed by atoms with E-state index in [1.165, 1.54) is 0 Å². The van der Waals surface area contributed by atoms with Crippen LogP contribution in [-0.4, -0.2) is 44.9 Å². The lowest BCUT2D eigenvalue weighted by Gasteiger charge is -2.22. The smallest absolute Gasteiger partial charge is 0.164 e. The van der Waals surface area contributed by atoms with E-state index in [0.29, 0.717) is 40.8 Å². The van der Waals surface area contributed by atoms with Gasteiger partial charge in [-0.25, -0.2) is 44.9 Å². The van der Waals surface area contributed by atoms with Crippen LogP contribution in [0.5, 0.6) is 0 Å². The number of rotatable bonds is 7. The van der Waals surface area contributed by atoms with E-state index < -0.39 is 0 Å². The Morgan fingerprint density at radius 1 is 0.283 bits per heavy atom. The summed E-state index contributed by atoms with van der Waals surface area (Å²) in [6, 6.07) is 50.6. The van der Waals surface area contributed by atoms with Crippen molar-refractivity contribution in [1.82, 2.24) is 44.9 Å². The van der Waals surface area contributed by atoms with E-state index in [1.54, 1.807) is 0 Å². The van der Waals surface area contributed by atoms with Crippen LogP contribution in [0.2, 0.25) is 0 Å². The van der Waals surface area contributed by atoms with Crippen LogP contribution in [0.15, 0.2) is 152 Å². The zero-order valence-electron chi connectivity index (χ0n) is 34.5. The summed E-state index contributed by atoms with van der Waals surface area (Å²) in [6.07, 6.45) is 0. The molecular formula is C51H43N9. The molecule has 292 valence electrons. The lowest BCUT2D eigenvalue weighted by Crippen LogP contribution is -2.24. The number of fused-ring (bicyclic) bond motifs is 1. The lowest BCUT2D eigenvalue weighted by molar-refractivity contribution is 0.497. The minimum absolute atomic E-state index is 0.244. The monoisotopic (exact) mass is 781 g/mol. The fourth-order valence-corrected chi connectivity index (χ4v) is 6.85. The van der Waals surface area contributed by atoms with Crippen molar-refractivity contribution in [3.63, 3.8) is 0 Å². The molecule has 0 radical (unpaired) electrons. The fourth-order valence-electron chi connectivity index (χ4n) is 6.85. The van der Waals surface area contributed by atoms with Crippen LogP contribution < -0.4 is 0 Å². The lowest BCUT2D eigenvalue weighted by atomic mass is 9.93. The SMILES string of the molecule is CC(C)(C)c1nc(-c2ccc(-c3nc(-c4ccccc4)nc(-c4cc(-c5nc(-c6ccccc6)nc(-c6ccccc6)n5)cc5ccccc45)n3)cc2)nc(C(C)(C)C)n1. The van der Waals surface area contributed by atoms with Crippen molar-refractivity contribution in [2.24, 2.45) is 0 Å². The molecule has 3 heterocycles. The van der Waals surface area contributed by atoms with Crippen LogP contribution in [-0.2, 0) is 10.8 Å². The van der Waals surface area contributed by atoms with E-state index in [9.17, 15) is 0 Å². The standard InChI is InChI=1S/C51H43N9/c1-50(2,3)48-58-45(59-49(60-48)51(4,5)6)36-28-26-35(27-29-36)44-53-43(34-22-14-9-15-23-34)56-47(57-44)40-31-38(30-37-24-16-17-25-39(37)40)46-54-41(32-18-10-7-11-19-32)52-42(55-46)33-20-12-8-13-21-33/h7-31H,1-6H3. The molecule has 0 aliphatic carbocycles. The van der Waals surface area contributed by atoms with Gasteiger partial charge in [-0.3, -0.25) is 0 Å². The summed E-state index contributed by atoms with van der Waals surface area (Å²) in [6.45, 7) is 12.7. The van der Waals surface area contributed by atoms with Crippen LogP contribution in [0.4, 0.5) is 0 Å². The predicted octanol–water partition coefficient (Wildman–Crippen LogP) is 11.7. The molecule has 0 saturated carbocycles. The molecular weight excluding hydrogens is 739 g/mol. The Morgan fingerprint density at radius 3 is 1.03 bits per heavy atom. The first kappa shape index (κ1) is 38.1. The van der Waals surface area contributed by atoms with Crippen LogP contribution in [0.3, 0.4) is 0 Å². The molecule has 0 saturated heterocycles. The van der Waals surface area contributed by atoms with E-state index in [2.05, 4.69) is 65.8 Å². The highest BCUT2D eigenvalue weighted by molar-refractivity contribution is 5.98. The summed E-state index contributed by atoms with van der Waals surface area (Å²) in [5.74, 6) is 5.52. The van der Waals surface area contributed by atoms with E-state index >= 15 is 0 Å². The average Bonchev–Trinajstić information content (AvgIpc) is 3.28. The Morgan fingerprint density at radius 2 is 0.617 bits per heavy atom. The molecule has 0 atom stereocenters. The average molecular weight is 782 g/mol. The van der Waals surface area contributed by atoms with Crippen LogP contribution in [0.25, 0.3) is 90.5 Å². The molecule has 0 aliphatic rings. The molecule has 0 fully saturated rings. The Kier molecular flexibility index (Phi) is 9.80. The third-order valence-corrected chi connectivity index (χ3v) is 10.1. The molecule has 9 rings (SSSR count). The molecule has 0 aliphatic heterocycles. The van der Waals surface area contributed by atoms with Crippen molar-refractivity contribution in [2.45, 2.75) is 52.4 Å². The molecule has 60 heavy (non-hydrogen) atoms. The van der Waals surface area contributed by atoms with Gasteiger partial charge in [0, 0.05) is 49.8 Å². The minimum atomic E-state index is -0.244. The van der Waals surface area contributed by atoms with Crippen molar-refractivity contribution in [3.8, 4) is 79.7 Å². The maximum atomic E-state index is 5.19. The summed E-state index contributed by atoms with van der Waals surface area (Å²) < 4.78 is 0. The van der Waals surface area contributed by atoms with Crippen molar-refractivity contribution in [3.05, 3.63) is 163 Å². The molecule has 0 amide bonds. The minimum Gasteiger partial charge on any atom is -0.217 e. The molecule has 0 spiro atoms. The summed E-state index contributed by atoms with van der Waals surface area (Å²) in [5, 5.41) is 2.00. The van der Waals surface area contributed by atoms with Gasteiger partial charge in [0.1, 0.15) is 11.6 Å². The van der Waals surface area contributed by atoms with Gasteiger partial charge in [-0.1, -0.05) is 181 Å². The third-order valence-electron chi connectivity index (χ3n) is 10.1. The van der Waals surface area contributed by atoms with Crippen LogP contribution in [0, 0.1) is 0 Å². The second-order valence-electron chi connectivity index (χ2n) is 16.8. The maximum absolute atomic E-state index is 5.19. The first-order valence-electron chi connectivity index (χ1n) is 20.1. The highest BCUT2D eigenvalue weighted by atomic mass is 15.1. The van der Waals surface area contributed by atoms with Gasteiger partial charge < -0.3 is 0 Å². The van der Waals surface area contributed by atoms with Crippen LogP contribution >= 0.6 is 0 Å². The maximum Gasteiger partial charge on any atom is 0.164 e. The summed E-state index contributed by atoms with van der Waals surface area (Å²) in [7, 11) is 0. The van der Waals surface area contributed by atoms with Gasteiger partial charge in [-0.15, -0.1) is 0 Å². The highest BCUT2D eigenvalue weighted by Crippen LogP contribution is 2.35. The third kappa shape index (κ3) is 7.89. The second kappa shape index (κ2) is 15.4. The zero-order valence-corrected chi connectivity index (χ0v) is 34.5. The van der Waals surface area contributed by atoms with E-state index in [-0.39, 0.29) is 10.8 Å². The number of aromatic nitrogens is 9. The van der Waals surface area contributed by atoms with Gasteiger partial charge in [0.25, 0.3) is 0 Å². The number of nitrogens with zero attached hydrogens (tertiary/aromatic N) is 9. The molecule has 6 aromatic carbocycles. The van der Waals surface area contributed by atoms with Gasteiger partial charge in [-0.2, -0.15) is 0 Å². The highest BCUT2D eigenvalue weighted by Gasteiger charge is 2.26. The van der Waals surface area contributed by atoms with Gasteiger partial charge in [0.05, 0.1) is 0 Å². The van der Waals surface area contributed by atoms with Gasteiger partial charge in [-0.05, 0) is 22.9 Å².